The number of imidazole rings is 1. The number of hydrogen-bond acceptors (Lipinski definition) is 5. The number of aryl methyl sites for hydroxylation is 2. The van der Waals surface area contributed by atoms with E-state index in [9.17, 15) is 10.1 Å². The van der Waals surface area contributed by atoms with Gasteiger partial charge < -0.3 is 5.73 Å². The molecule has 6 nitrogen and oxygen atoms in total. The highest BCUT2D eigenvalue weighted by Gasteiger charge is 2.19. The van der Waals surface area contributed by atoms with Crippen LogP contribution in [0.3, 0.4) is 0 Å². The van der Waals surface area contributed by atoms with Crippen LogP contribution >= 0.6 is 11.3 Å². The van der Waals surface area contributed by atoms with E-state index in [1.165, 1.54) is 10.9 Å². The van der Waals surface area contributed by atoms with E-state index in [2.05, 4.69) is 23.2 Å². The molecule has 0 radical (unpaired) electrons. The summed E-state index contributed by atoms with van der Waals surface area (Å²) in [5, 5.41) is 11.0. The second-order valence-corrected chi connectivity index (χ2v) is 6.30. The van der Waals surface area contributed by atoms with Crippen molar-refractivity contribution in [2.75, 3.05) is 6.54 Å². The van der Waals surface area contributed by atoms with Crippen LogP contribution in [0.1, 0.15) is 16.3 Å². The first-order valence-corrected chi connectivity index (χ1v) is 7.76. The summed E-state index contributed by atoms with van der Waals surface area (Å²) < 4.78 is 2.11. The molecule has 0 spiro atoms. The maximum absolute atomic E-state index is 11.0. The lowest BCUT2D eigenvalue weighted by Crippen LogP contribution is -2.07. The molecule has 0 aliphatic rings. The summed E-state index contributed by atoms with van der Waals surface area (Å²) in [5.41, 5.74) is 9.51. The van der Waals surface area contributed by atoms with E-state index in [1.54, 1.807) is 23.5 Å². The smallest absolute Gasteiger partial charge is 0.270 e. The van der Waals surface area contributed by atoms with Gasteiger partial charge in [-0.3, -0.25) is 14.5 Å². The normalized spacial score (nSPS) is 11.2. The maximum atomic E-state index is 11.0. The van der Waals surface area contributed by atoms with Crippen LogP contribution < -0.4 is 5.73 Å². The lowest BCUT2D eigenvalue weighted by Gasteiger charge is -2.05. The van der Waals surface area contributed by atoms with Crippen LogP contribution in [0, 0.1) is 24.0 Å². The van der Waals surface area contributed by atoms with Crippen molar-refractivity contribution in [3.63, 3.8) is 0 Å². The molecule has 3 aromatic rings. The van der Waals surface area contributed by atoms with Gasteiger partial charge in [-0.15, -0.1) is 11.3 Å². The molecule has 0 saturated heterocycles. The molecule has 0 atom stereocenters. The third-order valence-electron chi connectivity index (χ3n) is 3.74. The van der Waals surface area contributed by atoms with E-state index in [0.29, 0.717) is 13.0 Å². The largest absolute Gasteiger partial charge is 0.330 e. The van der Waals surface area contributed by atoms with Gasteiger partial charge in [-0.1, -0.05) is 12.1 Å². The van der Waals surface area contributed by atoms with Crippen LogP contribution in [0.15, 0.2) is 24.3 Å². The van der Waals surface area contributed by atoms with Gasteiger partial charge in [-0.2, -0.15) is 0 Å². The van der Waals surface area contributed by atoms with Crippen molar-refractivity contribution in [3.8, 4) is 11.3 Å². The number of rotatable bonds is 4. The number of fused-ring (bicyclic) bond motifs is 1. The summed E-state index contributed by atoms with van der Waals surface area (Å²) in [5.74, 6) is 0. The minimum absolute atomic E-state index is 0.0699. The number of nitrogens with two attached hydrogens (primary N) is 1. The van der Waals surface area contributed by atoms with Crippen LogP contribution in [0.4, 0.5) is 5.69 Å². The van der Waals surface area contributed by atoms with E-state index in [0.717, 1.165) is 27.6 Å². The molecule has 0 bridgehead atoms. The van der Waals surface area contributed by atoms with Gasteiger partial charge in [-0.25, -0.2) is 4.98 Å². The van der Waals surface area contributed by atoms with Gasteiger partial charge in [0.05, 0.1) is 16.3 Å². The summed E-state index contributed by atoms with van der Waals surface area (Å²) >= 11 is 1.62. The van der Waals surface area contributed by atoms with Crippen molar-refractivity contribution in [2.24, 2.45) is 5.73 Å². The lowest BCUT2D eigenvalue weighted by atomic mass is 10.1. The number of nitrogens with zero attached hydrogens (tertiary/aromatic N) is 3. The van der Waals surface area contributed by atoms with Crippen LogP contribution in [-0.4, -0.2) is 20.9 Å². The molecule has 3 rings (SSSR count). The second kappa shape index (κ2) is 5.51. The van der Waals surface area contributed by atoms with Crippen LogP contribution in [-0.2, 0) is 6.42 Å². The Kier molecular flexibility index (Phi) is 3.67. The number of aromatic nitrogens is 2. The van der Waals surface area contributed by atoms with Crippen LogP contribution in [0.25, 0.3) is 16.2 Å². The SMILES string of the molecule is Cc1sc2nc(-c3cccc([N+](=O)[O-])c3)c(CCN)n2c1C. The Morgan fingerprint density at radius 3 is 2.86 bits per heavy atom. The number of hydrogen-bond donors (Lipinski definition) is 1. The second-order valence-electron chi connectivity index (χ2n) is 5.11. The zero-order valence-corrected chi connectivity index (χ0v) is 13.2. The highest BCUT2D eigenvalue weighted by atomic mass is 32.1. The van der Waals surface area contributed by atoms with Gasteiger partial charge in [-0.05, 0) is 20.4 Å². The Bertz CT molecular complexity index is 866. The lowest BCUT2D eigenvalue weighted by molar-refractivity contribution is -0.384. The molecule has 0 saturated carbocycles. The Morgan fingerprint density at radius 2 is 2.18 bits per heavy atom. The summed E-state index contributed by atoms with van der Waals surface area (Å²) in [6.07, 6.45) is 0.677. The van der Waals surface area contributed by atoms with Crippen molar-refractivity contribution >= 4 is 22.0 Å². The maximum Gasteiger partial charge on any atom is 0.270 e. The predicted molar refractivity (Wildman–Crippen MR) is 87.4 cm³/mol. The molecule has 22 heavy (non-hydrogen) atoms. The van der Waals surface area contributed by atoms with Crippen molar-refractivity contribution in [3.05, 3.63) is 50.6 Å². The topological polar surface area (TPSA) is 86.5 Å². The summed E-state index contributed by atoms with van der Waals surface area (Å²) in [4.78, 5) is 17.4. The Hall–Kier alpha value is -2.25. The van der Waals surface area contributed by atoms with Gasteiger partial charge in [0.2, 0.25) is 0 Å². The van der Waals surface area contributed by atoms with E-state index in [-0.39, 0.29) is 10.6 Å². The van der Waals surface area contributed by atoms with E-state index < -0.39 is 0 Å². The molecule has 0 unspecified atom stereocenters. The van der Waals surface area contributed by atoms with Gasteiger partial charge in [0.1, 0.15) is 0 Å². The molecule has 2 heterocycles. The predicted octanol–water partition coefficient (Wildman–Crippen LogP) is 3.09. The molecule has 1 aromatic carbocycles. The Morgan fingerprint density at radius 1 is 1.41 bits per heavy atom. The monoisotopic (exact) mass is 316 g/mol. The zero-order chi connectivity index (χ0) is 15.9. The van der Waals surface area contributed by atoms with Crippen LogP contribution in [0.5, 0.6) is 0 Å². The van der Waals surface area contributed by atoms with Gasteiger partial charge in [0, 0.05) is 34.7 Å². The molecule has 0 fully saturated rings. The highest BCUT2D eigenvalue weighted by Crippen LogP contribution is 2.32. The Labute approximate surface area is 131 Å². The van der Waals surface area contributed by atoms with Gasteiger partial charge in [0.25, 0.3) is 5.69 Å². The third kappa shape index (κ3) is 2.28. The fourth-order valence-corrected chi connectivity index (χ4v) is 3.57. The zero-order valence-electron chi connectivity index (χ0n) is 12.4. The first-order chi connectivity index (χ1) is 10.5. The van der Waals surface area contributed by atoms with Crippen molar-refractivity contribution in [1.29, 1.82) is 0 Å². The minimum Gasteiger partial charge on any atom is -0.330 e. The first-order valence-electron chi connectivity index (χ1n) is 6.95. The van der Waals surface area contributed by atoms with E-state index in [4.69, 9.17) is 5.73 Å². The molecule has 7 heteroatoms. The van der Waals surface area contributed by atoms with Gasteiger partial charge in [0.15, 0.2) is 4.96 Å². The number of nitro benzene ring substituents is 1. The summed E-state index contributed by atoms with van der Waals surface area (Å²) in [6.45, 7) is 4.62. The van der Waals surface area contributed by atoms with Crippen molar-refractivity contribution in [2.45, 2.75) is 20.3 Å². The summed E-state index contributed by atoms with van der Waals surface area (Å²) in [7, 11) is 0. The number of nitro groups is 1. The molecule has 0 aliphatic heterocycles. The number of benzene rings is 1. The van der Waals surface area contributed by atoms with E-state index >= 15 is 0 Å². The standard InChI is InChI=1S/C15H16N4O2S/c1-9-10(2)22-15-17-14(13(6-7-16)18(9)15)11-4-3-5-12(8-11)19(20)21/h3-5,8H,6-7,16H2,1-2H3. The molecular weight excluding hydrogens is 300 g/mol. The average molecular weight is 316 g/mol. The molecule has 0 aliphatic carbocycles. The minimum atomic E-state index is -0.389. The molecule has 114 valence electrons. The Balaban J connectivity index is 2.24. The van der Waals surface area contributed by atoms with Crippen molar-refractivity contribution < 1.29 is 4.92 Å². The molecule has 0 amide bonds. The molecular formula is C15H16N4O2S. The number of non-ortho nitro benzene ring substituents is 1. The molecule has 2 aromatic heterocycles. The first kappa shape index (κ1) is 14.7. The highest BCUT2D eigenvalue weighted by molar-refractivity contribution is 7.17. The van der Waals surface area contributed by atoms with E-state index in [1.807, 2.05) is 6.07 Å². The molecule has 2 N–H and O–H groups in total. The van der Waals surface area contributed by atoms with Gasteiger partial charge >= 0.3 is 0 Å². The average Bonchev–Trinajstić information content (AvgIpc) is 2.98. The van der Waals surface area contributed by atoms with Crippen LogP contribution in [0.2, 0.25) is 0 Å². The number of thiazole rings is 1. The quantitative estimate of drug-likeness (QED) is 0.592. The fourth-order valence-electron chi connectivity index (χ4n) is 2.58. The summed E-state index contributed by atoms with van der Waals surface area (Å²) in [6, 6.07) is 6.58. The third-order valence-corrected chi connectivity index (χ3v) is 4.80. The van der Waals surface area contributed by atoms with Crippen molar-refractivity contribution in [1.82, 2.24) is 9.38 Å². The fraction of sp³-hybridized carbons (Fsp3) is 0.267.